The number of aromatic carboxylic acids is 2. The number of nitrogens with zero attached hydrogens (tertiary/aromatic N) is 6. The number of nitrogen functional groups attached to an aromatic ring is 1. The van der Waals surface area contributed by atoms with Crippen LogP contribution >= 0.6 is 0 Å². The monoisotopic (exact) mass is 931 g/mol. The van der Waals surface area contributed by atoms with Crippen LogP contribution in [0.5, 0.6) is 0 Å². The number of anilines is 3. The number of esters is 2. The molecule has 0 spiro atoms. The van der Waals surface area contributed by atoms with Crippen molar-refractivity contribution in [3.05, 3.63) is 197 Å². The maximum Gasteiger partial charge on any atom is 0.354 e. The number of nitrogens with one attached hydrogen (secondary N) is 2. The van der Waals surface area contributed by atoms with Crippen molar-refractivity contribution in [3.8, 4) is 0 Å². The fourth-order valence-electron chi connectivity index (χ4n) is 6.44. The highest BCUT2D eigenvalue weighted by molar-refractivity contribution is 6.05. The Morgan fingerprint density at radius 3 is 1.28 bits per heavy atom. The molecule has 2 amide bonds. The second-order valence-corrected chi connectivity index (χ2v) is 14.8. The molecule has 6 aromatic heterocycles. The van der Waals surface area contributed by atoms with Gasteiger partial charge in [0, 0.05) is 35.7 Å². The van der Waals surface area contributed by atoms with Crippen molar-refractivity contribution in [2.24, 2.45) is 0 Å². The Kier molecular flexibility index (Phi) is 15.6. The quantitative estimate of drug-likeness (QED) is 0.0723. The van der Waals surface area contributed by atoms with E-state index in [-0.39, 0.29) is 29.0 Å². The zero-order valence-corrected chi connectivity index (χ0v) is 37.8. The number of nitrogens with two attached hydrogens (primary N) is 1. The van der Waals surface area contributed by atoms with E-state index in [9.17, 15) is 28.8 Å². The number of ether oxygens (including phenoxy) is 2. The number of carboxylic acids is 2. The number of hydrogen-bond donors (Lipinski definition) is 5. The first-order chi connectivity index (χ1) is 33.1. The Bertz CT molecular complexity index is 3370. The van der Waals surface area contributed by atoms with E-state index < -0.39 is 17.9 Å². The van der Waals surface area contributed by atoms with E-state index in [0.29, 0.717) is 56.5 Å². The van der Waals surface area contributed by atoms with Crippen molar-refractivity contribution in [1.82, 2.24) is 28.2 Å². The molecule has 69 heavy (non-hydrogen) atoms. The summed E-state index contributed by atoms with van der Waals surface area (Å²) in [5, 5.41) is 23.3. The number of carbonyl (C=O) groups excluding carboxylic acids is 4. The highest BCUT2D eigenvalue weighted by Gasteiger charge is 2.17. The van der Waals surface area contributed by atoms with Gasteiger partial charge in [0.25, 0.3) is 11.8 Å². The van der Waals surface area contributed by atoms with Gasteiger partial charge in [-0.05, 0) is 110 Å². The van der Waals surface area contributed by atoms with Crippen LogP contribution in [-0.2, 0) is 9.47 Å². The molecular weight excluding hydrogens is 887 g/mol. The molecule has 6 N–H and O–H groups in total. The van der Waals surface area contributed by atoms with Gasteiger partial charge in [0.15, 0.2) is 5.69 Å². The topological polar surface area (TPSA) is 263 Å². The normalized spacial score (nSPS) is 10.3. The zero-order valence-electron chi connectivity index (χ0n) is 37.8. The van der Waals surface area contributed by atoms with Gasteiger partial charge in [0.2, 0.25) is 0 Å². The third-order valence-electron chi connectivity index (χ3n) is 10.3. The lowest BCUT2D eigenvalue weighted by atomic mass is 10.1. The average Bonchev–Trinajstić information content (AvgIpc) is 4.12. The molecule has 0 aliphatic rings. The molecule has 0 saturated heterocycles. The lowest BCUT2D eigenvalue weighted by Crippen LogP contribution is -2.15. The molecule has 0 bridgehead atoms. The fraction of sp³-hybridized carbons (Fsp3) is 0.100. The summed E-state index contributed by atoms with van der Waals surface area (Å²) in [4.78, 5) is 81.4. The molecule has 0 aliphatic carbocycles. The minimum Gasteiger partial charge on any atom is -0.478 e. The van der Waals surface area contributed by atoms with Crippen LogP contribution in [-0.4, -0.2) is 88.3 Å². The maximum atomic E-state index is 12.5. The number of hydrogen-bond acceptors (Lipinski definition) is 12. The van der Waals surface area contributed by atoms with Gasteiger partial charge < -0.3 is 36.1 Å². The Hall–Kier alpha value is -9.65. The lowest BCUT2D eigenvalue weighted by molar-refractivity contribution is 0.0592. The third-order valence-corrected chi connectivity index (χ3v) is 10.3. The van der Waals surface area contributed by atoms with E-state index in [2.05, 4.69) is 30.3 Å². The molecule has 0 saturated carbocycles. The third kappa shape index (κ3) is 11.8. The summed E-state index contributed by atoms with van der Waals surface area (Å²) < 4.78 is 14.1. The molecule has 0 unspecified atom stereocenters. The molecule has 350 valence electrons. The van der Waals surface area contributed by atoms with Crippen LogP contribution < -0.4 is 16.4 Å². The largest absolute Gasteiger partial charge is 0.478 e. The fourth-order valence-corrected chi connectivity index (χ4v) is 6.44. The summed E-state index contributed by atoms with van der Waals surface area (Å²) in [6, 6.07) is 31.0. The molecule has 19 heteroatoms. The first-order valence-corrected chi connectivity index (χ1v) is 20.7. The van der Waals surface area contributed by atoms with Gasteiger partial charge in [-0.15, -0.1) is 0 Å². The van der Waals surface area contributed by atoms with Gasteiger partial charge in [-0.3, -0.25) is 22.8 Å². The Morgan fingerprint density at radius 2 is 0.870 bits per heavy atom. The van der Waals surface area contributed by atoms with Crippen LogP contribution in [0.1, 0.15) is 79.2 Å². The number of aromatic nitrogens is 6. The average molecular weight is 932 g/mol. The smallest absolute Gasteiger partial charge is 0.354 e. The zero-order chi connectivity index (χ0) is 49.8. The molecule has 19 nitrogen and oxygen atoms in total. The van der Waals surface area contributed by atoms with Crippen LogP contribution in [0.4, 0.5) is 17.1 Å². The van der Waals surface area contributed by atoms with Gasteiger partial charge in [-0.25, -0.2) is 34.1 Å². The van der Waals surface area contributed by atoms with E-state index in [4.69, 9.17) is 20.7 Å². The first kappa shape index (κ1) is 48.8. The highest BCUT2D eigenvalue weighted by Crippen LogP contribution is 2.21. The minimum atomic E-state index is -1.04. The number of pyridine rings is 3. The second-order valence-electron chi connectivity index (χ2n) is 14.8. The van der Waals surface area contributed by atoms with Gasteiger partial charge in [0.1, 0.15) is 28.3 Å². The minimum absolute atomic E-state index is 0.124. The van der Waals surface area contributed by atoms with Crippen molar-refractivity contribution >= 4 is 69.7 Å². The van der Waals surface area contributed by atoms with Crippen molar-refractivity contribution in [3.63, 3.8) is 0 Å². The number of imidazole rings is 3. The molecule has 0 radical (unpaired) electrons. The number of carbonyl (C=O) groups is 6. The van der Waals surface area contributed by atoms with E-state index >= 15 is 0 Å². The standard InChI is InChI=1S/C17H15N3O3.C16H13N3O3.C9H11NO2.C8H6N2O2/c1-11-6-7-12(17(22)23-2)9-13(11)19-16(21)14-10-18-15-5-3-4-8-20(14)15;1-10-5-6-11(16(21)22)8-12(10)18-15(20)13-9-17-14-4-2-3-7-19(13)14;1-6-3-4-7(5-8(6)10)9(11)12-2;11-8(12)6-5-9-7-3-1-2-4-10(6)7/h3-10H,1-2H3,(H,19,21);2-9H,1H3,(H,18,20)(H,21,22);3-5H,10H2,1-2H3;1-5H,(H,11,12). The molecule has 0 fully saturated rings. The molecule has 6 heterocycles. The molecule has 0 aliphatic heterocycles. The van der Waals surface area contributed by atoms with Crippen molar-refractivity contribution < 1.29 is 48.5 Å². The highest BCUT2D eigenvalue weighted by atomic mass is 16.5. The predicted octanol–water partition coefficient (Wildman–Crippen LogP) is 7.67. The maximum absolute atomic E-state index is 12.5. The molecule has 9 rings (SSSR count). The molecule has 9 aromatic rings. The molecular formula is C50H45N9O10. The van der Waals surface area contributed by atoms with Crippen LogP contribution in [0.3, 0.4) is 0 Å². The SMILES string of the molecule is COC(=O)c1ccc(C)c(N)c1.COC(=O)c1ccc(C)c(NC(=O)c2cnc3ccccn23)c1.Cc1ccc(C(=O)O)cc1NC(=O)c1cnc2ccccn12.O=C(O)c1cnc2ccccn12. The van der Waals surface area contributed by atoms with Gasteiger partial charge in [-0.1, -0.05) is 36.4 Å². The van der Waals surface area contributed by atoms with Crippen molar-refractivity contribution in [2.45, 2.75) is 20.8 Å². The van der Waals surface area contributed by atoms with E-state index in [0.717, 1.165) is 16.7 Å². The number of fused-ring (bicyclic) bond motifs is 3. The van der Waals surface area contributed by atoms with E-state index in [1.54, 1.807) is 95.0 Å². The summed E-state index contributed by atoms with van der Waals surface area (Å²) >= 11 is 0. The van der Waals surface area contributed by atoms with E-state index in [1.165, 1.54) is 49.3 Å². The summed E-state index contributed by atoms with van der Waals surface area (Å²) in [5.74, 6) is -3.45. The summed E-state index contributed by atoms with van der Waals surface area (Å²) in [7, 11) is 2.66. The number of rotatable bonds is 8. The van der Waals surface area contributed by atoms with Crippen LogP contribution in [0, 0.1) is 20.8 Å². The summed E-state index contributed by atoms with van der Waals surface area (Å²) in [6.07, 6.45) is 9.54. The second kappa shape index (κ2) is 22.0. The first-order valence-electron chi connectivity index (χ1n) is 20.7. The summed E-state index contributed by atoms with van der Waals surface area (Å²) in [6.45, 7) is 5.54. The number of carboxylic acid groups (broad SMARTS) is 2. The molecule has 0 atom stereocenters. The Labute approximate surface area is 393 Å². The van der Waals surface area contributed by atoms with Gasteiger partial charge in [-0.2, -0.15) is 0 Å². The van der Waals surface area contributed by atoms with E-state index in [1.807, 2.05) is 50.2 Å². The number of aryl methyl sites for hydroxylation is 3. The van der Waals surface area contributed by atoms with Crippen LogP contribution in [0.2, 0.25) is 0 Å². The van der Waals surface area contributed by atoms with Crippen molar-refractivity contribution in [1.29, 1.82) is 0 Å². The van der Waals surface area contributed by atoms with Crippen LogP contribution in [0.25, 0.3) is 16.9 Å². The lowest BCUT2D eigenvalue weighted by Gasteiger charge is -2.10. The Morgan fingerprint density at radius 1 is 0.493 bits per heavy atom. The number of benzene rings is 3. The Balaban J connectivity index is 0.000000158. The molecule has 3 aromatic carbocycles. The van der Waals surface area contributed by atoms with Crippen molar-refractivity contribution in [2.75, 3.05) is 30.6 Å². The van der Waals surface area contributed by atoms with Gasteiger partial charge >= 0.3 is 23.9 Å². The number of methoxy groups -OCH3 is 2. The predicted molar refractivity (Wildman–Crippen MR) is 256 cm³/mol. The number of amides is 2. The van der Waals surface area contributed by atoms with Crippen LogP contribution in [0.15, 0.2) is 146 Å². The van der Waals surface area contributed by atoms with Gasteiger partial charge in [0.05, 0.1) is 49.5 Å². The summed E-state index contributed by atoms with van der Waals surface area (Å²) in [5.41, 5.74) is 13.8.